The van der Waals surface area contributed by atoms with Crippen molar-refractivity contribution >= 4 is 40.5 Å². The molecular formula is C14H13Br2O3P. The van der Waals surface area contributed by atoms with Gasteiger partial charge in [-0.1, -0.05) is 56.1 Å². The minimum Gasteiger partial charge on any atom is -0.328 e. The van der Waals surface area contributed by atoms with E-state index >= 15 is 0 Å². The predicted molar refractivity (Wildman–Crippen MR) is 87.0 cm³/mol. The van der Waals surface area contributed by atoms with Gasteiger partial charge >= 0.3 is 8.60 Å². The molecule has 0 saturated carbocycles. The van der Waals surface area contributed by atoms with Gasteiger partial charge in [-0.3, -0.25) is 0 Å². The van der Waals surface area contributed by atoms with Crippen molar-refractivity contribution < 1.29 is 13.9 Å². The molecule has 0 saturated heterocycles. The fourth-order valence-corrected chi connectivity index (χ4v) is 2.58. The van der Waals surface area contributed by atoms with Gasteiger partial charge in [0.1, 0.15) is 0 Å². The average Bonchev–Trinajstić information content (AvgIpc) is 2.46. The third kappa shape index (κ3) is 5.60. The molecule has 20 heavy (non-hydrogen) atoms. The van der Waals surface area contributed by atoms with Gasteiger partial charge in [0, 0.05) is 8.95 Å². The molecule has 0 unspecified atom stereocenters. The van der Waals surface area contributed by atoms with E-state index in [0.717, 1.165) is 20.1 Å². The van der Waals surface area contributed by atoms with Crippen LogP contribution in [0.25, 0.3) is 0 Å². The molecule has 0 amide bonds. The molecule has 0 aliphatic heterocycles. The Balaban J connectivity index is 1.73. The average molecular weight is 420 g/mol. The highest BCUT2D eigenvalue weighted by Crippen LogP contribution is 2.35. The lowest BCUT2D eigenvalue weighted by Gasteiger charge is -2.11. The Morgan fingerprint density at radius 3 is 1.45 bits per heavy atom. The second-order valence-electron chi connectivity index (χ2n) is 4.04. The molecule has 1 N–H and O–H groups in total. The topological polar surface area (TPSA) is 38.7 Å². The van der Waals surface area contributed by atoms with Crippen LogP contribution in [0, 0.1) is 0 Å². The third-order valence-corrected chi connectivity index (χ3v) is 4.27. The van der Waals surface area contributed by atoms with E-state index in [9.17, 15) is 4.89 Å². The second kappa shape index (κ2) is 8.23. The van der Waals surface area contributed by atoms with Gasteiger partial charge in [0.25, 0.3) is 0 Å². The van der Waals surface area contributed by atoms with Gasteiger partial charge in [-0.25, -0.2) is 0 Å². The summed E-state index contributed by atoms with van der Waals surface area (Å²) in [4.78, 5) is 9.68. The van der Waals surface area contributed by atoms with Crippen molar-refractivity contribution in [3.63, 3.8) is 0 Å². The molecule has 0 aliphatic carbocycles. The Morgan fingerprint density at radius 2 is 1.10 bits per heavy atom. The minimum absolute atomic E-state index is 0.329. The number of halogens is 2. The van der Waals surface area contributed by atoms with Crippen LogP contribution in [0.4, 0.5) is 0 Å². The van der Waals surface area contributed by atoms with Crippen LogP contribution in [-0.2, 0) is 22.3 Å². The normalized spacial score (nSPS) is 11.0. The Hall–Kier alpha value is -0.290. The highest BCUT2D eigenvalue weighted by atomic mass is 79.9. The Morgan fingerprint density at radius 1 is 0.750 bits per heavy atom. The first-order valence-electron chi connectivity index (χ1n) is 5.87. The van der Waals surface area contributed by atoms with Gasteiger partial charge in [0.2, 0.25) is 0 Å². The number of hydrogen-bond donors (Lipinski definition) is 1. The van der Waals surface area contributed by atoms with E-state index in [2.05, 4.69) is 31.9 Å². The Kier molecular flexibility index (Phi) is 6.62. The van der Waals surface area contributed by atoms with Crippen molar-refractivity contribution in [2.75, 3.05) is 0 Å². The highest BCUT2D eigenvalue weighted by Gasteiger charge is 2.07. The number of hydrogen-bond acceptors (Lipinski definition) is 3. The van der Waals surface area contributed by atoms with Crippen LogP contribution in [-0.4, -0.2) is 4.89 Å². The summed E-state index contributed by atoms with van der Waals surface area (Å²) in [5, 5.41) is 0. The first kappa shape index (κ1) is 16.1. The van der Waals surface area contributed by atoms with Gasteiger partial charge in [0.05, 0.1) is 13.2 Å². The molecule has 0 heterocycles. The maximum Gasteiger partial charge on any atom is 0.330 e. The maximum atomic E-state index is 9.68. The van der Waals surface area contributed by atoms with E-state index < -0.39 is 8.60 Å². The maximum absolute atomic E-state index is 9.68. The fraction of sp³-hybridized carbons (Fsp3) is 0.143. The van der Waals surface area contributed by atoms with Gasteiger partial charge in [-0.15, -0.1) is 0 Å². The third-order valence-electron chi connectivity index (χ3n) is 2.51. The summed E-state index contributed by atoms with van der Waals surface area (Å²) in [5.74, 6) is 0. The zero-order valence-electron chi connectivity index (χ0n) is 10.5. The van der Waals surface area contributed by atoms with Crippen LogP contribution in [0.1, 0.15) is 11.1 Å². The molecule has 0 bridgehead atoms. The first-order chi connectivity index (χ1) is 9.63. The van der Waals surface area contributed by atoms with Crippen molar-refractivity contribution in [1.82, 2.24) is 0 Å². The molecule has 2 aromatic rings. The zero-order valence-corrected chi connectivity index (χ0v) is 14.6. The van der Waals surface area contributed by atoms with Crippen LogP contribution in [0.2, 0.25) is 0 Å². The van der Waals surface area contributed by atoms with Crippen LogP contribution in [0.5, 0.6) is 0 Å². The van der Waals surface area contributed by atoms with E-state index in [1.54, 1.807) is 0 Å². The lowest BCUT2D eigenvalue weighted by Crippen LogP contribution is -1.93. The standard InChI is InChI=1S/C14H13Br2O3P/c15-13-5-1-11(2-6-13)9-18-20(17)19-10-12-3-7-14(16)8-4-12/h1-8,17H,9-10H2. The van der Waals surface area contributed by atoms with Crippen molar-refractivity contribution in [1.29, 1.82) is 0 Å². The summed E-state index contributed by atoms with van der Waals surface area (Å²) >= 11 is 6.73. The van der Waals surface area contributed by atoms with Crippen molar-refractivity contribution in [3.8, 4) is 0 Å². The summed E-state index contributed by atoms with van der Waals surface area (Å²) in [6.45, 7) is 0.658. The SMILES string of the molecule is OP(OCc1ccc(Br)cc1)OCc1ccc(Br)cc1. The lowest BCUT2D eigenvalue weighted by molar-refractivity contribution is 0.187. The summed E-state index contributed by atoms with van der Waals surface area (Å²) in [5.41, 5.74) is 1.98. The molecular weight excluding hydrogens is 407 g/mol. The predicted octanol–water partition coefficient (Wildman–Crippen LogP) is 5.16. The quantitative estimate of drug-likeness (QED) is 0.657. The van der Waals surface area contributed by atoms with Crippen LogP contribution < -0.4 is 0 Å². The number of benzene rings is 2. The van der Waals surface area contributed by atoms with Crippen LogP contribution >= 0.6 is 40.5 Å². The molecule has 2 rings (SSSR count). The van der Waals surface area contributed by atoms with E-state index in [-0.39, 0.29) is 0 Å². The summed E-state index contributed by atoms with van der Waals surface area (Å²) < 4.78 is 12.6. The van der Waals surface area contributed by atoms with Crippen molar-refractivity contribution in [2.45, 2.75) is 13.2 Å². The largest absolute Gasteiger partial charge is 0.330 e. The molecule has 0 spiro atoms. The van der Waals surface area contributed by atoms with E-state index in [1.807, 2.05) is 48.5 Å². The Bertz CT molecular complexity index is 482. The van der Waals surface area contributed by atoms with Gasteiger partial charge < -0.3 is 13.9 Å². The molecule has 0 aliphatic rings. The first-order valence-corrected chi connectivity index (χ1v) is 8.59. The van der Waals surface area contributed by atoms with Gasteiger partial charge in [-0.05, 0) is 35.4 Å². The van der Waals surface area contributed by atoms with Gasteiger partial charge in [-0.2, -0.15) is 0 Å². The lowest BCUT2D eigenvalue weighted by atomic mass is 10.2. The fourth-order valence-electron chi connectivity index (χ4n) is 1.46. The van der Waals surface area contributed by atoms with E-state index in [4.69, 9.17) is 9.05 Å². The second-order valence-corrected chi connectivity index (χ2v) is 6.86. The van der Waals surface area contributed by atoms with Crippen LogP contribution in [0.3, 0.4) is 0 Å². The van der Waals surface area contributed by atoms with Gasteiger partial charge in [0.15, 0.2) is 0 Å². The summed E-state index contributed by atoms with van der Waals surface area (Å²) in [6, 6.07) is 15.5. The zero-order chi connectivity index (χ0) is 14.4. The van der Waals surface area contributed by atoms with Crippen molar-refractivity contribution in [3.05, 3.63) is 68.6 Å². The molecule has 0 atom stereocenters. The molecule has 3 nitrogen and oxygen atoms in total. The molecule has 6 heteroatoms. The smallest absolute Gasteiger partial charge is 0.328 e. The van der Waals surface area contributed by atoms with E-state index in [0.29, 0.717) is 13.2 Å². The molecule has 0 fully saturated rings. The van der Waals surface area contributed by atoms with Crippen molar-refractivity contribution in [2.24, 2.45) is 0 Å². The molecule has 0 radical (unpaired) electrons. The van der Waals surface area contributed by atoms with Crippen LogP contribution in [0.15, 0.2) is 57.5 Å². The van der Waals surface area contributed by atoms with E-state index in [1.165, 1.54) is 0 Å². The number of rotatable bonds is 6. The summed E-state index contributed by atoms with van der Waals surface area (Å²) in [7, 11) is -1.87. The molecule has 106 valence electrons. The Labute approximate surface area is 136 Å². The summed E-state index contributed by atoms with van der Waals surface area (Å²) in [6.07, 6.45) is 0. The highest BCUT2D eigenvalue weighted by molar-refractivity contribution is 9.10. The molecule has 2 aromatic carbocycles. The molecule has 0 aromatic heterocycles. The minimum atomic E-state index is -1.87. The monoisotopic (exact) mass is 418 g/mol.